The number of nitro groups is 1. The quantitative estimate of drug-likeness (QED) is 0.148. The molecule has 0 bridgehead atoms. The zero-order valence-electron chi connectivity index (χ0n) is 16.7. The van der Waals surface area contributed by atoms with Crippen LogP contribution >= 0.6 is 31.9 Å². The average molecular weight is 555 g/mol. The van der Waals surface area contributed by atoms with E-state index < -0.39 is 4.92 Å². The number of hydrogen-bond acceptors (Lipinski definition) is 5. The maximum absolute atomic E-state index is 10.7. The smallest absolute Gasteiger partial charge is 0.269 e. The maximum Gasteiger partial charge on any atom is 0.269 e. The molecule has 160 valence electrons. The lowest BCUT2D eigenvalue weighted by Crippen LogP contribution is -1.99. The molecule has 32 heavy (non-hydrogen) atoms. The van der Waals surface area contributed by atoms with Gasteiger partial charge in [0.25, 0.3) is 5.69 Å². The Balaban J connectivity index is 1.44. The molecule has 0 saturated carbocycles. The summed E-state index contributed by atoms with van der Waals surface area (Å²) in [6, 6.07) is 24.3. The number of halogens is 2. The number of ether oxygens (including phenoxy) is 1. The van der Waals surface area contributed by atoms with E-state index in [4.69, 9.17) is 4.74 Å². The van der Waals surface area contributed by atoms with Crippen LogP contribution in [0.15, 0.2) is 92.9 Å². The Hall–Kier alpha value is -3.23. The molecule has 6 nitrogen and oxygen atoms in total. The zero-order chi connectivity index (χ0) is 22.5. The highest BCUT2D eigenvalue weighted by molar-refractivity contribution is 9.11. The number of fused-ring (bicyclic) bond motifs is 1. The SMILES string of the molecule is O=[N+]([O-])c1ccc(N/N=C/c2cc(Br)c(OCc3cccc4ccccc34)c(Br)c2)cc1. The predicted molar refractivity (Wildman–Crippen MR) is 134 cm³/mol. The van der Waals surface area contributed by atoms with Crippen LogP contribution < -0.4 is 10.2 Å². The predicted octanol–water partition coefficient (Wildman–Crippen LogP) is 7.30. The number of rotatable bonds is 7. The van der Waals surface area contributed by atoms with Gasteiger partial charge >= 0.3 is 0 Å². The van der Waals surface area contributed by atoms with E-state index >= 15 is 0 Å². The first-order valence-electron chi connectivity index (χ1n) is 9.63. The summed E-state index contributed by atoms with van der Waals surface area (Å²) in [7, 11) is 0. The van der Waals surface area contributed by atoms with Gasteiger partial charge in [-0.1, -0.05) is 42.5 Å². The largest absolute Gasteiger partial charge is 0.487 e. The molecule has 0 atom stereocenters. The molecular formula is C24H17Br2N3O3. The summed E-state index contributed by atoms with van der Waals surface area (Å²) in [5.41, 5.74) is 5.50. The highest BCUT2D eigenvalue weighted by atomic mass is 79.9. The van der Waals surface area contributed by atoms with Crippen molar-refractivity contribution in [2.75, 3.05) is 5.43 Å². The molecule has 0 saturated heterocycles. The lowest BCUT2D eigenvalue weighted by Gasteiger charge is -2.13. The number of benzene rings is 4. The van der Waals surface area contributed by atoms with Crippen LogP contribution in [0.4, 0.5) is 11.4 Å². The highest BCUT2D eigenvalue weighted by Crippen LogP contribution is 2.35. The second kappa shape index (κ2) is 9.93. The minimum Gasteiger partial charge on any atom is -0.487 e. The summed E-state index contributed by atoms with van der Waals surface area (Å²) >= 11 is 7.16. The molecular weight excluding hydrogens is 538 g/mol. The van der Waals surface area contributed by atoms with Crippen molar-refractivity contribution in [2.45, 2.75) is 6.61 Å². The molecule has 8 heteroatoms. The number of nitro benzene ring substituents is 1. The van der Waals surface area contributed by atoms with E-state index in [2.05, 4.69) is 66.7 Å². The molecule has 0 heterocycles. The Morgan fingerprint density at radius 1 is 0.969 bits per heavy atom. The van der Waals surface area contributed by atoms with Crippen LogP contribution in [0, 0.1) is 10.1 Å². The van der Waals surface area contributed by atoms with E-state index in [0.29, 0.717) is 18.0 Å². The second-order valence-corrected chi connectivity index (χ2v) is 8.62. The van der Waals surface area contributed by atoms with Crippen LogP contribution in [0.5, 0.6) is 5.75 Å². The number of non-ortho nitro benzene ring substituents is 1. The summed E-state index contributed by atoms with van der Waals surface area (Å²) < 4.78 is 7.70. The molecule has 0 aliphatic heterocycles. The lowest BCUT2D eigenvalue weighted by molar-refractivity contribution is -0.384. The Morgan fingerprint density at radius 2 is 1.66 bits per heavy atom. The summed E-state index contributed by atoms with van der Waals surface area (Å²) in [5, 5.41) is 17.3. The Labute approximate surface area is 201 Å². The molecule has 0 fully saturated rings. The summed E-state index contributed by atoms with van der Waals surface area (Å²) in [4.78, 5) is 10.3. The van der Waals surface area contributed by atoms with Crippen molar-refractivity contribution in [3.05, 3.63) is 109 Å². The molecule has 0 aliphatic rings. The Kier molecular flexibility index (Phi) is 6.82. The fourth-order valence-corrected chi connectivity index (χ4v) is 4.65. The highest BCUT2D eigenvalue weighted by Gasteiger charge is 2.10. The summed E-state index contributed by atoms with van der Waals surface area (Å²) in [6.07, 6.45) is 1.66. The zero-order valence-corrected chi connectivity index (χ0v) is 19.8. The molecule has 0 unspecified atom stereocenters. The van der Waals surface area contributed by atoms with Gasteiger partial charge in [0.15, 0.2) is 0 Å². The minimum atomic E-state index is -0.438. The fourth-order valence-electron chi connectivity index (χ4n) is 3.20. The van der Waals surface area contributed by atoms with Crippen molar-refractivity contribution in [1.29, 1.82) is 0 Å². The third-order valence-corrected chi connectivity index (χ3v) is 5.94. The van der Waals surface area contributed by atoms with E-state index in [-0.39, 0.29) is 5.69 Å². The lowest BCUT2D eigenvalue weighted by atomic mass is 10.1. The number of hydrazone groups is 1. The van der Waals surface area contributed by atoms with E-state index in [1.54, 1.807) is 18.3 Å². The van der Waals surface area contributed by atoms with Gasteiger partial charge in [-0.05, 0) is 78.0 Å². The molecule has 0 amide bonds. The van der Waals surface area contributed by atoms with Gasteiger partial charge in [-0.15, -0.1) is 0 Å². The standard InChI is InChI=1S/C24H17Br2N3O3/c25-22-12-16(14-27-28-19-8-10-20(11-9-19)29(30)31)13-23(26)24(22)32-15-18-6-3-5-17-4-1-2-7-21(17)18/h1-14,28H,15H2/b27-14+. The normalized spacial score (nSPS) is 11.1. The topological polar surface area (TPSA) is 76.8 Å². The van der Waals surface area contributed by atoms with E-state index in [1.165, 1.54) is 22.9 Å². The van der Waals surface area contributed by atoms with Gasteiger partial charge in [0.2, 0.25) is 0 Å². The van der Waals surface area contributed by atoms with Crippen LogP contribution in [0.25, 0.3) is 10.8 Å². The van der Waals surface area contributed by atoms with Crippen molar-refractivity contribution in [3.8, 4) is 5.75 Å². The van der Waals surface area contributed by atoms with E-state index in [1.807, 2.05) is 30.3 Å². The van der Waals surface area contributed by atoms with Crippen molar-refractivity contribution in [2.24, 2.45) is 5.10 Å². The van der Waals surface area contributed by atoms with Gasteiger partial charge in [0, 0.05) is 12.1 Å². The number of nitrogens with one attached hydrogen (secondary N) is 1. The van der Waals surface area contributed by atoms with Gasteiger partial charge in [-0.25, -0.2) is 0 Å². The molecule has 4 aromatic rings. The van der Waals surface area contributed by atoms with Crippen LogP contribution in [-0.2, 0) is 6.61 Å². The van der Waals surface area contributed by atoms with Gasteiger partial charge in [-0.3, -0.25) is 15.5 Å². The van der Waals surface area contributed by atoms with Crippen LogP contribution in [0.3, 0.4) is 0 Å². The van der Waals surface area contributed by atoms with Gasteiger partial charge < -0.3 is 4.74 Å². The van der Waals surface area contributed by atoms with E-state index in [0.717, 1.165) is 20.1 Å². The Bertz CT molecular complexity index is 1280. The van der Waals surface area contributed by atoms with Crippen molar-refractivity contribution < 1.29 is 9.66 Å². The third kappa shape index (κ3) is 5.15. The van der Waals surface area contributed by atoms with Crippen LogP contribution in [0.1, 0.15) is 11.1 Å². The molecule has 0 radical (unpaired) electrons. The first-order valence-corrected chi connectivity index (χ1v) is 11.2. The third-order valence-electron chi connectivity index (χ3n) is 4.76. The first kappa shape index (κ1) is 22.0. The van der Waals surface area contributed by atoms with E-state index in [9.17, 15) is 10.1 Å². The van der Waals surface area contributed by atoms with Gasteiger partial charge in [0.05, 0.1) is 25.8 Å². The monoisotopic (exact) mass is 553 g/mol. The van der Waals surface area contributed by atoms with Crippen LogP contribution in [0.2, 0.25) is 0 Å². The molecule has 0 spiro atoms. The molecule has 4 aromatic carbocycles. The molecule has 0 aromatic heterocycles. The molecule has 1 N–H and O–H groups in total. The number of hydrogen-bond donors (Lipinski definition) is 1. The number of nitrogens with zero attached hydrogens (tertiary/aromatic N) is 2. The summed E-state index contributed by atoms with van der Waals surface area (Å²) in [6.45, 7) is 0.438. The fraction of sp³-hybridized carbons (Fsp3) is 0.0417. The number of anilines is 1. The maximum atomic E-state index is 10.7. The van der Waals surface area contributed by atoms with Crippen molar-refractivity contribution in [1.82, 2.24) is 0 Å². The molecule has 4 rings (SSSR count). The molecule has 0 aliphatic carbocycles. The first-order chi connectivity index (χ1) is 15.5. The average Bonchev–Trinajstić information content (AvgIpc) is 2.79. The minimum absolute atomic E-state index is 0.0338. The summed E-state index contributed by atoms with van der Waals surface area (Å²) in [5.74, 6) is 0.707. The Morgan fingerprint density at radius 3 is 2.38 bits per heavy atom. The van der Waals surface area contributed by atoms with Crippen molar-refractivity contribution in [3.63, 3.8) is 0 Å². The second-order valence-electron chi connectivity index (χ2n) is 6.91. The van der Waals surface area contributed by atoms with Gasteiger partial charge in [-0.2, -0.15) is 5.10 Å². The van der Waals surface area contributed by atoms with Crippen molar-refractivity contribution >= 4 is 60.2 Å². The van der Waals surface area contributed by atoms with Crippen LogP contribution in [-0.4, -0.2) is 11.1 Å². The van der Waals surface area contributed by atoms with Gasteiger partial charge in [0.1, 0.15) is 12.4 Å².